The van der Waals surface area contributed by atoms with E-state index in [1.54, 1.807) is 7.11 Å². The predicted molar refractivity (Wildman–Crippen MR) is 234 cm³/mol. The van der Waals surface area contributed by atoms with E-state index in [4.69, 9.17) is 4.74 Å². The van der Waals surface area contributed by atoms with Crippen molar-refractivity contribution in [2.24, 2.45) is 0 Å². The fourth-order valence-electron chi connectivity index (χ4n) is 8.37. The Bertz CT molecular complexity index is 2990. The molecule has 0 aromatic heterocycles. The Labute approximate surface area is 321 Å². The quantitative estimate of drug-likeness (QED) is 0.153. The van der Waals surface area contributed by atoms with Gasteiger partial charge in [0.25, 0.3) is 0 Å². The van der Waals surface area contributed by atoms with Crippen molar-refractivity contribution in [1.29, 1.82) is 0 Å². The molecular formula is C53H37NO. The van der Waals surface area contributed by atoms with Gasteiger partial charge >= 0.3 is 0 Å². The summed E-state index contributed by atoms with van der Waals surface area (Å²) in [7, 11) is 1.71. The second kappa shape index (κ2) is 13.7. The fourth-order valence-corrected chi connectivity index (χ4v) is 8.37. The van der Waals surface area contributed by atoms with Crippen molar-refractivity contribution in [3.05, 3.63) is 206 Å². The SMILES string of the molecule is COc1ccc(N(c2ccc3ccccc3c2)c2ccc3c(c2)c2ccccc2c2c(-c4ccccc4)cc(-c4ccccc4)c(-c4ccccc4)c32)cc1. The Morgan fingerprint density at radius 1 is 0.345 bits per heavy atom. The highest BCUT2D eigenvalue weighted by Gasteiger charge is 2.23. The highest BCUT2D eigenvalue weighted by molar-refractivity contribution is 6.33. The first kappa shape index (κ1) is 32.5. The van der Waals surface area contributed by atoms with Gasteiger partial charge in [-0.25, -0.2) is 0 Å². The zero-order chi connectivity index (χ0) is 36.7. The largest absolute Gasteiger partial charge is 0.497 e. The lowest BCUT2D eigenvalue weighted by Gasteiger charge is -2.27. The molecule has 0 saturated carbocycles. The van der Waals surface area contributed by atoms with Crippen LogP contribution in [0.15, 0.2) is 206 Å². The van der Waals surface area contributed by atoms with Crippen molar-refractivity contribution in [3.63, 3.8) is 0 Å². The van der Waals surface area contributed by atoms with Crippen LogP contribution in [0.1, 0.15) is 0 Å². The molecule has 0 aliphatic rings. The number of hydrogen-bond acceptors (Lipinski definition) is 2. The van der Waals surface area contributed by atoms with Gasteiger partial charge in [-0.15, -0.1) is 0 Å². The van der Waals surface area contributed by atoms with E-state index in [2.05, 4.69) is 199 Å². The molecule has 260 valence electrons. The van der Waals surface area contributed by atoms with Crippen molar-refractivity contribution in [2.75, 3.05) is 12.0 Å². The van der Waals surface area contributed by atoms with E-state index in [1.165, 1.54) is 76.5 Å². The van der Waals surface area contributed by atoms with Crippen LogP contribution in [0.4, 0.5) is 17.1 Å². The normalized spacial score (nSPS) is 11.4. The van der Waals surface area contributed by atoms with Gasteiger partial charge in [-0.05, 0) is 131 Å². The average molecular weight is 704 g/mol. The van der Waals surface area contributed by atoms with Crippen LogP contribution in [0.3, 0.4) is 0 Å². The number of ether oxygens (including phenoxy) is 1. The van der Waals surface area contributed by atoms with E-state index in [1.807, 2.05) is 12.1 Å². The second-order valence-corrected chi connectivity index (χ2v) is 14.0. The van der Waals surface area contributed by atoms with Crippen LogP contribution < -0.4 is 9.64 Å². The van der Waals surface area contributed by atoms with Crippen LogP contribution >= 0.6 is 0 Å². The van der Waals surface area contributed by atoms with Gasteiger partial charge in [0.05, 0.1) is 7.11 Å². The van der Waals surface area contributed by atoms with Gasteiger partial charge in [-0.2, -0.15) is 0 Å². The van der Waals surface area contributed by atoms with Crippen LogP contribution in [0.2, 0.25) is 0 Å². The zero-order valence-electron chi connectivity index (χ0n) is 30.5. The number of hydrogen-bond donors (Lipinski definition) is 0. The Morgan fingerprint density at radius 3 is 1.56 bits per heavy atom. The number of anilines is 3. The van der Waals surface area contributed by atoms with Crippen LogP contribution in [-0.4, -0.2) is 7.11 Å². The highest BCUT2D eigenvalue weighted by Crippen LogP contribution is 2.50. The van der Waals surface area contributed by atoms with Crippen LogP contribution in [0.25, 0.3) is 76.5 Å². The minimum absolute atomic E-state index is 0.829. The molecule has 0 spiro atoms. The molecule has 10 aromatic carbocycles. The van der Waals surface area contributed by atoms with E-state index in [0.717, 1.165) is 22.8 Å². The number of fused-ring (bicyclic) bond motifs is 7. The van der Waals surface area contributed by atoms with Crippen LogP contribution in [0, 0.1) is 0 Å². The molecule has 2 heteroatoms. The van der Waals surface area contributed by atoms with E-state index < -0.39 is 0 Å². The number of nitrogens with zero attached hydrogens (tertiary/aromatic N) is 1. The Hall–Kier alpha value is -7.16. The summed E-state index contributed by atoms with van der Waals surface area (Å²) in [6.07, 6.45) is 0. The first-order valence-corrected chi connectivity index (χ1v) is 18.8. The van der Waals surface area contributed by atoms with Crippen molar-refractivity contribution >= 4 is 60.2 Å². The lowest BCUT2D eigenvalue weighted by Crippen LogP contribution is -2.10. The molecule has 0 saturated heterocycles. The maximum atomic E-state index is 5.58. The van der Waals surface area contributed by atoms with E-state index in [-0.39, 0.29) is 0 Å². The van der Waals surface area contributed by atoms with Gasteiger partial charge in [0.2, 0.25) is 0 Å². The number of benzene rings is 10. The first-order valence-electron chi connectivity index (χ1n) is 18.8. The Morgan fingerprint density at radius 2 is 0.873 bits per heavy atom. The molecule has 0 unspecified atom stereocenters. The highest BCUT2D eigenvalue weighted by atomic mass is 16.5. The molecule has 0 aliphatic carbocycles. The Kier molecular flexibility index (Phi) is 8.08. The van der Waals surface area contributed by atoms with Gasteiger partial charge in [0.15, 0.2) is 0 Å². The summed E-state index contributed by atoms with van der Waals surface area (Å²) < 4.78 is 5.58. The molecule has 2 nitrogen and oxygen atoms in total. The molecule has 0 radical (unpaired) electrons. The standard InChI is InChI=1S/C53H37NO/c1-55-44-30-27-41(28-31-44)54(42-26-25-36-15-11-12-22-40(36)33-42)43-29-32-47-50(34-43)45-23-13-14-24-46(45)52-49(38-18-7-3-8-19-38)35-48(37-16-5-2-6-17-37)51(53(47)52)39-20-9-4-10-21-39/h2-35H,1H3. The van der Waals surface area contributed by atoms with Crippen molar-refractivity contribution in [1.82, 2.24) is 0 Å². The maximum absolute atomic E-state index is 5.58. The van der Waals surface area contributed by atoms with Crippen molar-refractivity contribution < 1.29 is 4.74 Å². The lowest BCUT2D eigenvalue weighted by molar-refractivity contribution is 0.415. The predicted octanol–water partition coefficient (Wildman–Crippen LogP) is 14.8. The molecular weight excluding hydrogens is 667 g/mol. The molecule has 0 fully saturated rings. The molecule has 0 atom stereocenters. The summed E-state index contributed by atoms with van der Waals surface area (Å²) in [5, 5.41) is 9.83. The molecule has 0 aliphatic heterocycles. The van der Waals surface area contributed by atoms with Crippen molar-refractivity contribution in [3.8, 4) is 39.1 Å². The number of methoxy groups -OCH3 is 1. The Balaban J connectivity index is 1.34. The van der Waals surface area contributed by atoms with E-state index in [0.29, 0.717) is 0 Å². The molecule has 0 bridgehead atoms. The van der Waals surface area contributed by atoms with Crippen LogP contribution in [-0.2, 0) is 0 Å². The van der Waals surface area contributed by atoms with Gasteiger partial charge < -0.3 is 9.64 Å². The van der Waals surface area contributed by atoms with Gasteiger partial charge in [0.1, 0.15) is 5.75 Å². The third-order valence-electron chi connectivity index (χ3n) is 10.9. The minimum Gasteiger partial charge on any atom is -0.497 e. The second-order valence-electron chi connectivity index (χ2n) is 14.0. The summed E-state index contributed by atoms with van der Waals surface area (Å²) in [5.74, 6) is 0.829. The first-order chi connectivity index (χ1) is 27.2. The lowest BCUT2D eigenvalue weighted by atomic mass is 9.81. The zero-order valence-corrected chi connectivity index (χ0v) is 30.5. The van der Waals surface area contributed by atoms with Crippen LogP contribution in [0.5, 0.6) is 5.75 Å². The minimum atomic E-state index is 0.829. The summed E-state index contributed by atoms with van der Waals surface area (Å²) in [5.41, 5.74) is 10.5. The molecule has 0 heterocycles. The van der Waals surface area contributed by atoms with Gasteiger partial charge in [0, 0.05) is 17.1 Å². The molecule has 55 heavy (non-hydrogen) atoms. The average Bonchev–Trinajstić information content (AvgIpc) is 3.27. The van der Waals surface area contributed by atoms with E-state index >= 15 is 0 Å². The molecule has 10 rings (SSSR count). The summed E-state index contributed by atoms with van der Waals surface area (Å²) in [6, 6.07) is 74.7. The maximum Gasteiger partial charge on any atom is 0.119 e. The van der Waals surface area contributed by atoms with Crippen molar-refractivity contribution in [2.45, 2.75) is 0 Å². The van der Waals surface area contributed by atoms with Gasteiger partial charge in [-0.3, -0.25) is 0 Å². The number of rotatable bonds is 7. The monoisotopic (exact) mass is 703 g/mol. The third-order valence-corrected chi connectivity index (χ3v) is 10.9. The van der Waals surface area contributed by atoms with E-state index in [9.17, 15) is 0 Å². The fraction of sp³-hybridized carbons (Fsp3) is 0.0189. The summed E-state index contributed by atoms with van der Waals surface area (Å²) in [6.45, 7) is 0. The summed E-state index contributed by atoms with van der Waals surface area (Å²) >= 11 is 0. The summed E-state index contributed by atoms with van der Waals surface area (Å²) in [4.78, 5) is 2.36. The molecule has 10 aromatic rings. The molecule has 0 amide bonds. The smallest absolute Gasteiger partial charge is 0.119 e. The third kappa shape index (κ3) is 5.67. The van der Waals surface area contributed by atoms with Gasteiger partial charge in [-0.1, -0.05) is 152 Å². The molecule has 0 N–H and O–H groups in total. The topological polar surface area (TPSA) is 12.5 Å².